The second kappa shape index (κ2) is 7.17. The molecule has 142 valence electrons. The highest BCUT2D eigenvalue weighted by atomic mass is 35.5. The van der Waals surface area contributed by atoms with Crippen LogP contribution in [0.1, 0.15) is 36.6 Å². The van der Waals surface area contributed by atoms with Crippen molar-refractivity contribution in [3.8, 4) is 11.5 Å². The number of hydrogen-bond acceptors (Lipinski definition) is 5. The van der Waals surface area contributed by atoms with Gasteiger partial charge in [-0.25, -0.2) is 0 Å². The summed E-state index contributed by atoms with van der Waals surface area (Å²) in [5.41, 5.74) is -0.333. The lowest BCUT2D eigenvalue weighted by atomic mass is 9.86. The predicted octanol–water partition coefficient (Wildman–Crippen LogP) is 3.80. The molecule has 2 fully saturated rings. The van der Waals surface area contributed by atoms with Crippen LogP contribution in [0.5, 0.6) is 0 Å². The molecular formula is C17H19ClF3N3O2. The molecule has 4 rings (SSSR count). The Bertz CT molecular complexity index is 742. The monoisotopic (exact) mass is 389 g/mol. The molecule has 1 N–H and O–H groups in total. The van der Waals surface area contributed by atoms with Crippen molar-refractivity contribution in [1.82, 2.24) is 15.5 Å². The van der Waals surface area contributed by atoms with Crippen LogP contribution in [0.25, 0.3) is 11.5 Å². The van der Waals surface area contributed by atoms with Gasteiger partial charge in [0.25, 0.3) is 5.89 Å². The maximum Gasteiger partial charge on any atom is 0.416 e. The molecule has 0 bridgehead atoms. The summed E-state index contributed by atoms with van der Waals surface area (Å²) < 4.78 is 49.2. The van der Waals surface area contributed by atoms with Crippen LogP contribution in [0.4, 0.5) is 13.2 Å². The van der Waals surface area contributed by atoms with Gasteiger partial charge in [0.1, 0.15) is 0 Å². The second-order valence-corrected chi connectivity index (χ2v) is 6.68. The van der Waals surface area contributed by atoms with E-state index in [4.69, 9.17) is 9.26 Å². The molecule has 1 aromatic heterocycles. The van der Waals surface area contributed by atoms with Crippen molar-refractivity contribution in [2.75, 3.05) is 19.7 Å². The number of aromatic nitrogens is 2. The van der Waals surface area contributed by atoms with Gasteiger partial charge in [0.05, 0.1) is 17.8 Å². The van der Waals surface area contributed by atoms with Gasteiger partial charge in [-0.05, 0) is 56.6 Å². The van der Waals surface area contributed by atoms with E-state index in [1.165, 1.54) is 12.1 Å². The van der Waals surface area contributed by atoms with Crippen molar-refractivity contribution in [2.45, 2.75) is 37.0 Å². The van der Waals surface area contributed by atoms with Gasteiger partial charge in [-0.1, -0.05) is 5.16 Å². The van der Waals surface area contributed by atoms with E-state index < -0.39 is 11.7 Å². The highest BCUT2D eigenvalue weighted by Gasteiger charge is 2.43. The van der Waals surface area contributed by atoms with Crippen molar-refractivity contribution < 1.29 is 22.4 Å². The zero-order valence-electron chi connectivity index (χ0n) is 13.9. The molecule has 3 heterocycles. The second-order valence-electron chi connectivity index (χ2n) is 6.68. The molecule has 0 saturated carbocycles. The molecule has 2 aromatic rings. The van der Waals surface area contributed by atoms with Gasteiger partial charge in [-0.3, -0.25) is 0 Å². The predicted molar refractivity (Wildman–Crippen MR) is 90.1 cm³/mol. The van der Waals surface area contributed by atoms with Crippen molar-refractivity contribution in [2.24, 2.45) is 0 Å². The van der Waals surface area contributed by atoms with Gasteiger partial charge >= 0.3 is 6.18 Å². The molecule has 9 heteroatoms. The summed E-state index contributed by atoms with van der Waals surface area (Å²) in [5, 5.41) is 7.34. The van der Waals surface area contributed by atoms with E-state index in [-0.39, 0.29) is 29.8 Å². The van der Waals surface area contributed by atoms with Crippen LogP contribution in [0.15, 0.2) is 28.8 Å². The summed E-state index contributed by atoms with van der Waals surface area (Å²) in [6, 6.07) is 4.73. The first-order chi connectivity index (χ1) is 12.0. The van der Waals surface area contributed by atoms with E-state index in [1.807, 2.05) is 0 Å². The van der Waals surface area contributed by atoms with Gasteiger partial charge in [0.2, 0.25) is 0 Å². The normalized spacial score (nSPS) is 22.3. The average Bonchev–Trinajstić information content (AvgIpc) is 3.23. The van der Waals surface area contributed by atoms with Gasteiger partial charge in [-0.2, -0.15) is 18.2 Å². The number of benzene rings is 1. The van der Waals surface area contributed by atoms with Crippen LogP contribution >= 0.6 is 12.4 Å². The molecular weight excluding hydrogens is 371 g/mol. The summed E-state index contributed by atoms with van der Waals surface area (Å²) in [5.74, 6) is 0.852. The fourth-order valence-corrected chi connectivity index (χ4v) is 3.56. The molecule has 0 amide bonds. The molecule has 0 aliphatic carbocycles. The first kappa shape index (κ1) is 19.1. The van der Waals surface area contributed by atoms with Gasteiger partial charge in [0.15, 0.2) is 5.82 Å². The molecule has 2 aliphatic rings. The summed E-state index contributed by atoms with van der Waals surface area (Å²) in [7, 11) is 0. The minimum Gasteiger partial charge on any atom is -0.374 e. The zero-order chi connectivity index (χ0) is 17.5. The Labute approximate surface area is 154 Å². The zero-order valence-corrected chi connectivity index (χ0v) is 14.7. The maximum atomic E-state index is 12.6. The van der Waals surface area contributed by atoms with Crippen molar-refractivity contribution in [1.29, 1.82) is 0 Å². The van der Waals surface area contributed by atoms with Gasteiger partial charge < -0.3 is 14.6 Å². The molecule has 0 radical (unpaired) electrons. The highest BCUT2D eigenvalue weighted by Crippen LogP contribution is 2.41. The largest absolute Gasteiger partial charge is 0.416 e. The van der Waals surface area contributed by atoms with E-state index >= 15 is 0 Å². The molecule has 26 heavy (non-hydrogen) atoms. The lowest BCUT2D eigenvalue weighted by Gasteiger charge is -2.32. The molecule has 5 nitrogen and oxygen atoms in total. The Morgan fingerprint density at radius 3 is 2.46 bits per heavy atom. The molecule has 1 aromatic carbocycles. The van der Waals surface area contributed by atoms with Crippen LogP contribution < -0.4 is 5.32 Å². The number of alkyl halides is 3. The van der Waals surface area contributed by atoms with Crippen LogP contribution in [0, 0.1) is 0 Å². The quantitative estimate of drug-likeness (QED) is 0.846. The van der Waals surface area contributed by atoms with Crippen LogP contribution in [0.3, 0.4) is 0 Å². The van der Waals surface area contributed by atoms with Gasteiger partial charge in [0, 0.05) is 11.5 Å². The van der Waals surface area contributed by atoms with Crippen LogP contribution in [-0.2, 0) is 10.9 Å². The van der Waals surface area contributed by atoms with E-state index in [1.54, 1.807) is 0 Å². The van der Waals surface area contributed by atoms with E-state index in [2.05, 4.69) is 15.5 Å². The minimum absolute atomic E-state index is 0. The topological polar surface area (TPSA) is 60.2 Å². The van der Waals surface area contributed by atoms with Crippen molar-refractivity contribution in [3.63, 3.8) is 0 Å². The number of hydrogen-bond donors (Lipinski definition) is 1. The Balaban J connectivity index is 0.00000196. The lowest BCUT2D eigenvalue weighted by Crippen LogP contribution is -2.41. The third kappa shape index (κ3) is 3.72. The molecule has 2 aliphatic heterocycles. The average molecular weight is 390 g/mol. The third-order valence-corrected chi connectivity index (χ3v) is 4.99. The summed E-state index contributed by atoms with van der Waals surface area (Å²) in [4.78, 5) is 4.38. The molecule has 2 saturated heterocycles. The fraction of sp³-hybridized carbons (Fsp3) is 0.529. The standard InChI is InChI=1S/C17H18F3N3O2.ClH/c18-17(19,20)13-3-1-11(2-4-13)15-22-14(23-25-15)12-9-16(24-10-12)5-7-21-8-6-16;/h1-4,12,21H,5-10H2;1H. The minimum atomic E-state index is -4.36. The molecule has 1 unspecified atom stereocenters. The highest BCUT2D eigenvalue weighted by molar-refractivity contribution is 5.85. The van der Waals surface area contributed by atoms with Crippen molar-refractivity contribution in [3.05, 3.63) is 35.7 Å². The first-order valence-corrected chi connectivity index (χ1v) is 8.31. The first-order valence-electron chi connectivity index (χ1n) is 8.31. The third-order valence-electron chi connectivity index (χ3n) is 4.99. The van der Waals surface area contributed by atoms with E-state index in [0.717, 1.165) is 44.5 Å². The number of halogens is 4. The van der Waals surface area contributed by atoms with Crippen molar-refractivity contribution >= 4 is 12.4 Å². The lowest BCUT2D eigenvalue weighted by molar-refractivity contribution is -0.137. The maximum absolute atomic E-state index is 12.6. The number of ether oxygens (including phenoxy) is 1. The summed E-state index contributed by atoms with van der Waals surface area (Å²) in [6.07, 6.45) is -1.58. The number of rotatable bonds is 2. The Morgan fingerprint density at radius 2 is 1.81 bits per heavy atom. The number of nitrogens with zero attached hydrogens (tertiary/aromatic N) is 2. The number of nitrogens with one attached hydrogen (secondary N) is 1. The smallest absolute Gasteiger partial charge is 0.374 e. The van der Waals surface area contributed by atoms with E-state index in [9.17, 15) is 13.2 Å². The van der Waals surface area contributed by atoms with E-state index in [0.29, 0.717) is 18.0 Å². The van der Waals surface area contributed by atoms with Gasteiger partial charge in [-0.15, -0.1) is 12.4 Å². The SMILES string of the molecule is Cl.FC(F)(F)c1ccc(-c2nc(C3COC4(CCNCC4)C3)no2)cc1. The van der Waals surface area contributed by atoms with Crippen LogP contribution in [-0.4, -0.2) is 35.4 Å². The fourth-order valence-electron chi connectivity index (χ4n) is 3.56. The Kier molecular flexibility index (Phi) is 5.28. The number of piperidine rings is 1. The summed E-state index contributed by atoms with van der Waals surface area (Å²) >= 11 is 0. The van der Waals surface area contributed by atoms with Crippen LogP contribution in [0.2, 0.25) is 0 Å². The molecule has 1 atom stereocenters. The molecule has 1 spiro atoms. The summed E-state index contributed by atoms with van der Waals surface area (Å²) in [6.45, 7) is 2.43. The Morgan fingerprint density at radius 1 is 1.12 bits per heavy atom. The Hall–Kier alpha value is -1.64.